The van der Waals surface area contributed by atoms with Gasteiger partial charge in [-0.15, -0.1) is 0 Å². The summed E-state index contributed by atoms with van der Waals surface area (Å²) < 4.78 is 4.92. The fourth-order valence-electron chi connectivity index (χ4n) is 1.90. The number of carboxylic acid groups (broad SMARTS) is 1. The van der Waals surface area contributed by atoms with Crippen LogP contribution in [0.3, 0.4) is 0 Å². The second kappa shape index (κ2) is 5.35. The van der Waals surface area contributed by atoms with Crippen LogP contribution >= 0.6 is 0 Å². The first-order valence-corrected chi connectivity index (χ1v) is 5.67. The van der Waals surface area contributed by atoms with Crippen molar-refractivity contribution in [3.63, 3.8) is 0 Å². The maximum absolute atomic E-state index is 11.8. The quantitative estimate of drug-likeness (QED) is 0.756. The van der Waals surface area contributed by atoms with Crippen molar-refractivity contribution in [1.82, 2.24) is 10.2 Å². The molecule has 0 bridgehead atoms. The predicted molar refractivity (Wildman–Crippen MR) is 61.8 cm³/mol. The van der Waals surface area contributed by atoms with Gasteiger partial charge in [-0.1, -0.05) is 0 Å². The van der Waals surface area contributed by atoms with E-state index in [1.54, 1.807) is 18.9 Å². The third kappa shape index (κ3) is 3.33. The zero-order valence-electron chi connectivity index (χ0n) is 10.5. The highest BCUT2D eigenvalue weighted by Crippen LogP contribution is 2.29. The van der Waals surface area contributed by atoms with Crippen LogP contribution in [0.5, 0.6) is 0 Å². The molecule has 0 spiro atoms. The maximum Gasteiger partial charge on any atom is 0.317 e. The highest BCUT2D eigenvalue weighted by molar-refractivity contribution is 5.79. The van der Waals surface area contributed by atoms with Crippen molar-refractivity contribution >= 4 is 12.0 Å². The number of nitrogens with one attached hydrogen (secondary N) is 1. The van der Waals surface area contributed by atoms with Crippen LogP contribution in [0.1, 0.15) is 20.3 Å². The number of aliphatic carboxylic acids is 1. The summed E-state index contributed by atoms with van der Waals surface area (Å²) in [4.78, 5) is 24.4. The molecule has 2 amide bonds. The molecule has 1 saturated heterocycles. The Hall–Kier alpha value is -1.30. The molecule has 98 valence electrons. The van der Waals surface area contributed by atoms with E-state index in [1.807, 2.05) is 6.92 Å². The van der Waals surface area contributed by atoms with Gasteiger partial charge >= 0.3 is 12.0 Å². The fourth-order valence-corrected chi connectivity index (χ4v) is 1.90. The largest absolute Gasteiger partial charge is 0.481 e. The van der Waals surface area contributed by atoms with Crippen molar-refractivity contribution in [2.45, 2.75) is 26.3 Å². The zero-order valence-corrected chi connectivity index (χ0v) is 10.5. The molecule has 6 nitrogen and oxygen atoms in total. The standard InChI is InChI=1S/C11H20N2O4/c1-8(6-17-3)12-10(16)13-5-4-11(2,7-13)9(14)15/h8H,4-7H2,1-3H3,(H,12,16)(H,14,15)/t8-,11?/m1/s1. The second-order valence-corrected chi connectivity index (χ2v) is 4.84. The van der Waals surface area contributed by atoms with Gasteiger partial charge in [-0.2, -0.15) is 0 Å². The molecule has 17 heavy (non-hydrogen) atoms. The Balaban J connectivity index is 2.48. The van der Waals surface area contributed by atoms with Crippen LogP contribution in [-0.2, 0) is 9.53 Å². The molecule has 0 aromatic carbocycles. The van der Waals surface area contributed by atoms with Crippen LogP contribution in [0.15, 0.2) is 0 Å². The average molecular weight is 244 g/mol. The molecule has 0 aromatic rings. The first-order chi connectivity index (χ1) is 7.89. The number of nitrogens with zero attached hydrogens (tertiary/aromatic N) is 1. The lowest BCUT2D eigenvalue weighted by Crippen LogP contribution is -2.45. The van der Waals surface area contributed by atoms with E-state index < -0.39 is 11.4 Å². The van der Waals surface area contributed by atoms with Gasteiger partial charge < -0.3 is 20.1 Å². The fraction of sp³-hybridized carbons (Fsp3) is 0.818. The molecule has 1 aliphatic rings. The van der Waals surface area contributed by atoms with Gasteiger partial charge in [0.1, 0.15) is 0 Å². The van der Waals surface area contributed by atoms with Gasteiger partial charge in [-0.25, -0.2) is 4.79 Å². The van der Waals surface area contributed by atoms with E-state index in [-0.39, 0.29) is 18.6 Å². The molecular weight excluding hydrogens is 224 g/mol. The maximum atomic E-state index is 11.8. The van der Waals surface area contributed by atoms with E-state index in [4.69, 9.17) is 9.84 Å². The second-order valence-electron chi connectivity index (χ2n) is 4.84. The van der Waals surface area contributed by atoms with Gasteiger partial charge in [-0.05, 0) is 20.3 Å². The highest BCUT2D eigenvalue weighted by atomic mass is 16.5. The lowest BCUT2D eigenvalue weighted by atomic mass is 9.90. The van der Waals surface area contributed by atoms with Gasteiger partial charge in [0.2, 0.25) is 0 Å². The summed E-state index contributed by atoms with van der Waals surface area (Å²) >= 11 is 0. The SMILES string of the molecule is COC[C@@H](C)NC(=O)N1CCC(C)(C(=O)O)C1. The molecule has 0 aromatic heterocycles. The van der Waals surface area contributed by atoms with Gasteiger partial charge in [0, 0.05) is 20.2 Å². The molecule has 0 aliphatic carbocycles. The summed E-state index contributed by atoms with van der Waals surface area (Å²) in [7, 11) is 1.57. The lowest BCUT2D eigenvalue weighted by molar-refractivity contribution is -0.146. The molecule has 0 radical (unpaired) electrons. The molecule has 1 heterocycles. The van der Waals surface area contributed by atoms with E-state index >= 15 is 0 Å². The zero-order chi connectivity index (χ0) is 13.1. The summed E-state index contributed by atoms with van der Waals surface area (Å²) in [5.74, 6) is -0.849. The van der Waals surface area contributed by atoms with E-state index in [2.05, 4.69) is 5.32 Å². The highest BCUT2D eigenvalue weighted by Gasteiger charge is 2.42. The summed E-state index contributed by atoms with van der Waals surface area (Å²) in [6, 6.07) is -0.302. The Kier molecular flexibility index (Phi) is 4.34. The van der Waals surface area contributed by atoms with E-state index in [1.165, 1.54) is 0 Å². The van der Waals surface area contributed by atoms with Gasteiger partial charge in [0.05, 0.1) is 18.1 Å². The lowest BCUT2D eigenvalue weighted by Gasteiger charge is -2.22. The van der Waals surface area contributed by atoms with E-state index in [0.29, 0.717) is 19.6 Å². The number of carbonyl (C=O) groups excluding carboxylic acids is 1. The Morgan fingerprint density at radius 1 is 1.59 bits per heavy atom. The molecule has 1 aliphatic heterocycles. The van der Waals surface area contributed by atoms with Crippen LogP contribution in [0, 0.1) is 5.41 Å². The average Bonchev–Trinajstić information content (AvgIpc) is 2.62. The molecule has 2 atom stereocenters. The topological polar surface area (TPSA) is 78.9 Å². The molecule has 0 saturated carbocycles. The van der Waals surface area contributed by atoms with Crippen LogP contribution in [0.4, 0.5) is 4.79 Å². The Morgan fingerprint density at radius 3 is 2.71 bits per heavy atom. The molecule has 1 unspecified atom stereocenters. The third-order valence-corrected chi connectivity index (χ3v) is 3.06. The normalized spacial score (nSPS) is 25.7. The first-order valence-electron chi connectivity index (χ1n) is 5.67. The predicted octanol–water partition coefficient (Wildman–Crippen LogP) is 0.527. The number of urea groups is 1. The number of rotatable bonds is 4. The van der Waals surface area contributed by atoms with Gasteiger partial charge in [-0.3, -0.25) is 4.79 Å². The van der Waals surface area contributed by atoms with Gasteiger partial charge in [0.15, 0.2) is 0 Å². The Labute approximate surface area is 101 Å². The molecular formula is C11H20N2O4. The summed E-state index contributed by atoms with van der Waals surface area (Å²) in [6.07, 6.45) is 0.494. The number of carboxylic acids is 1. The van der Waals surface area contributed by atoms with Crippen molar-refractivity contribution in [2.24, 2.45) is 5.41 Å². The van der Waals surface area contributed by atoms with Crippen LogP contribution in [0.2, 0.25) is 0 Å². The number of hydrogen-bond donors (Lipinski definition) is 2. The number of hydrogen-bond acceptors (Lipinski definition) is 3. The van der Waals surface area contributed by atoms with E-state index in [9.17, 15) is 9.59 Å². The van der Waals surface area contributed by atoms with Crippen molar-refractivity contribution < 1.29 is 19.4 Å². The molecule has 6 heteroatoms. The minimum absolute atomic E-state index is 0.0795. The van der Waals surface area contributed by atoms with Crippen molar-refractivity contribution in [1.29, 1.82) is 0 Å². The number of amides is 2. The monoisotopic (exact) mass is 244 g/mol. The molecule has 2 N–H and O–H groups in total. The minimum atomic E-state index is -0.849. The Bertz CT molecular complexity index is 308. The molecule has 1 fully saturated rings. The summed E-state index contributed by atoms with van der Waals surface area (Å²) in [6.45, 7) is 4.69. The van der Waals surface area contributed by atoms with Gasteiger partial charge in [0.25, 0.3) is 0 Å². The Morgan fingerprint density at radius 2 is 2.24 bits per heavy atom. The number of carbonyl (C=O) groups is 2. The van der Waals surface area contributed by atoms with Crippen molar-refractivity contribution in [3.05, 3.63) is 0 Å². The van der Waals surface area contributed by atoms with Crippen molar-refractivity contribution in [3.8, 4) is 0 Å². The third-order valence-electron chi connectivity index (χ3n) is 3.06. The van der Waals surface area contributed by atoms with E-state index in [0.717, 1.165) is 0 Å². The minimum Gasteiger partial charge on any atom is -0.481 e. The van der Waals surface area contributed by atoms with Crippen molar-refractivity contribution in [2.75, 3.05) is 26.8 Å². The number of likely N-dealkylation sites (tertiary alicyclic amines) is 1. The smallest absolute Gasteiger partial charge is 0.317 e. The molecule has 1 rings (SSSR count). The number of methoxy groups -OCH3 is 1. The van der Waals surface area contributed by atoms with Crippen LogP contribution in [-0.4, -0.2) is 54.9 Å². The summed E-state index contributed by atoms with van der Waals surface area (Å²) in [5, 5.41) is 11.8. The summed E-state index contributed by atoms with van der Waals surface area (Å²) in [5.41, 5.74) is -0.818. The van der Waals surface area contributed by atoms with Crippen LogP contribution in [0.25, 0.3) is 0 Å². The first kappa shape index (κ1) is 13.8. The van der Waals surface area contributed by atoms with Crippen LogP contribution < -0.4 is 5.32 Å². The number of ether oxygens (including phenoxy) is 1.